The largest absolute Gasteiger partial charge is 0.461 e. The number of hydrogen-bond donors (Lipinski definition) is 0. The quantitative estimate of drug-likeness (QED) is 0.700. The zero-order chi connectivity index (χ0) is 13.2. The van der Waals surface area contributed by atoms with E-state index in [-0.39, 0.29) is 0 Å². The molecule has 4 heteroatoms. The van der Waals surface area contributed by atoms with Crippen molar-refractivity contribution in [2.45, 2.75) is 13.8 Å². The van der Waals surface area contributed by atoms with Crippen LogP contribution in [0.3, 0.4) is 0 Å². The van der Waals surface area contributed by atoms with Crippen molar-refractivity contribution in [2.75, 3.05) is 0 Å². The molecule has 2 aromatic heterocycles. The molecule has 0 aliphatic rings. The maximum atomic E-state index is 5.27. The summed E-state index contributed by atoms with van der Waals surface area (Å²) in [5.41, 5.74) is 3.88. The number of rotatable bonds is 2. The minimum absolute atomic E-state index is 0.512. The first-order valence-electron chi connectivity index (χ1n) is 6.06. The molecular formula is C15H13N3O. The Morgan fingerprint density at radius 2 is 1.74 bits per heavy atom. The molecular weight excluding hydrogens is 238 g/mol. The van der Waals surface area contributed by atoms with Crippen molar-refractivity contribution in [3.63, 3.8) is 0 Å². The lowest BCUT2D eigenvalue weighted by molar-refractivity contribution is 0.575. The highest BCUT2D eigenvalue weighted by molar-refractivity contribution is 5.62. The molecule has 0 N–H and O–H groups in total. The maximum Gasteiger partial charge on any atom is 0.217 e. The van der Waals surface area contributed by atoms with Crippen LogP contribution in [0.2, 0.25) is 0 Å². The smallest absolute Gasteiger partial charge is 0.217 e. The molecule has 0 saturated heterocycles. The van der Waals surface area contributed by atoms with Gasteiger partial charge in [-0.25, -0.2) is 4.98 Å². The van der Waals surface area contributed by atoms with Crippen molar-refractivity contribution < 1.29 is 4.42 Å². The van der Waals surface area contributed by atoms with Crippen molar-refractivity contribution in [1.82, 2.24) is 15.2 Å². The molecule has 1 aromatic carbocycles. The molecule has 0 radical (unpaired) electrons. The van der Waals surface area contributed by atoms with Crippen molar-refractivity contribution in [3.05, 3.63) is 53.9 Å². The zero-order valence-corrected chi connectivity index (χ0v) is 10.8. The first kappa shape index (κ1) is 11.6. The molecule has 0 spiro atoms. The Kier molecular flexibility index (Phi) is 2.83. The Labute approximate surface area is 111 Å². The van der Waals surface area contributed by atoms with Gasteiger partial charge in [0.05, 0.1) is 12.0 Å². The number of furan rings is 1. The molecule has 0 unspecified atom stereocenters. The highest BCUT2D eigenvalue weighted by Crippen LogP contribution is 2.22. The monoisotopic (exact) mass is 251 g/mol. The number of nitrogens with zero attached hydrogens (tertiary/aromatic N) is 3. The van der Waals surface area contributed by atoms with Gasteiger partial charge in [-0.1, -0.05) is 29.8 Å². The predicted molar refractivity (Wildman–Crippen MR) is 72.4 cm³/mol. The van der Waals surface area contributed by atoms with E-state index >= 15 is 0 Å². The van der Waals surface area contributed by atoms with Gasteiger partial charge in [-0.2, -0.15) is 0 Å². The summed E-state index contributed by atoms with van der Waals surface area (Å²) in [6.45, 7) is 3.98. The highest BCUT2D eigenvalue weighted by atomic mass is 16.3. The first-order chi connectivity index (χ1) is 9.24. The van der Waals surface area contributed by atoms with Gasteiger partial charge in [0.15, 0.2) is 5.76 Å². The van der Waals surface area contributed by atoms with E-state index in [0.29, 0.717) is 11.6 Å². The number of aromatic nitrogens is 3. The minimum Gasteiger partial charge on any atom is -0.461 e. The Hall–Kier alpha value is -2.49. The van der Waals surface area contributed by atoms with Crippen molar-refractivity contribution in [2.24, 2.45) is 0 Å². The van der Waals surface area contributed by atoms with Crippen LogP contribution in [-0.2, 0) is 0 Å². The van der Waals surface area contributed by atoms with Crippen molar-refractivity contribution in [3.8, 4) is 22.8 Å². The van der Waals surface area contributed by atoms with Crippen LogP contribution in [0, 0.1) is 13.8 Å². The fourth-order valence-electron chi connectivity index (χ4n) is 1.89. The number of hydrogen-bond acceptors (Lipinski definition) is 4. The van der Waals surface area contributed by atoms with Crippen LogP contribution < -0.4 is 0 Å². The molecule has 0 atom stereocenters. The third kappa shape index (κ3) is 2.25. The Morgan fingerprint density at radius 3 is 2.37 bits per heavy atom. The molecule has 94 valence electrons. The Bertz CT molecular complexity index is 688. The van der Waals surface area contributed by atoms with Gasteiger partial charge in [0.2, 0.25) is 5.82 Å². The summed E-state index contributed by atoms with van der Waals surface area (Å²) in [6, 6.07) is 11.8. The van der Waals surface area contributed by atoms with Gasteiger partial charge in [0.25, 0.3) is 0 Å². The van der Waals surface area contributed by atoms with Gasteiger partial charge in [-0.05, 0) is 26.0 Å². The number of aryl methyl sites for hydroxylation is 2. The lowest BCUT2D eigenvalue weighted by Crippen LogP contribution is -1.98. The number of benzene rings is 1. The van der Waals surface area contributed by atoms with Crippen LogP contribution in [0.5, 0.6) is 0 Å². The molecule has 4 nitrogen and oxygen atoms in total. The van der Waals surface area contributed by atoms with Gasteiger partial charge >= 0.3 is 0 Å². The molecule has 0 saturated carbocycles. The van der Waals surface area contributed by atoms with Gasteiger partial charge in [-0.15, -0.1) is 10.2 Å². The van der Waals surface area contributed by atoms with Crippen LogP contribution in [-0.4, -0.2) is 15.2 Å². The third-order valence-corrected chi connectivity index (χ3v) is 2.93. The Morgan fingerprint density at radius 1 is 0.947 bits per heavy atom. The average molecular weight is 251 g/mol. The summed E-state index contributed by atoms with van der Waals surface area (Å²) in [6.07, 6.45) is 1.60. The molecule has 3 rings (SSSR count). The van der Waals surface area contributed by atoms with Crippen LogP contribution in [0.1, 0.15) is 11.3 Å². The van der Waals surface area contributed by atoms with Gasteiger partial charge in [-0.3, -0.25) is 0 Å². The second-order valence-electron chi connectivity index (χ2n) is 4.41. The van der Waals surface area contributed by atoms with Crippen LogP contribution >= 0.6 is 0 Å². The lowest BCUT2D eigenvalue weighted by atomic mass is 10.1. The zero-order valence-electron chi connectivity index (χ0n) is 10.8. The lowest BCUT2D eigenvalue weighted by Gasteiger charge is -2.05. The third-order valence-electron chi connectivity index (χ3n) is 2.93. The summed E-state index contributed by atoms with van der Waals surface area (Å²) >= 11 is 0. The van der Waals surface area contributed by atoms with Crippen LogP contribution in [0.25, 0.3) is 22.8 Å². The van der Waals surface area contributed by atoms with Gasteiger partial charge in [0.1, 0.15) is 5.69 Å². The van der Waals surface area contributed by atoms with Crippen LogP contribution in [0.15, 0.2) is 47.1 Å². The normalized spacial score (nSPS) is 10.6. The first-order valence-corrected chi connectivity index (χ1v) is 6.06. The van der Waals surface area contributed by atoms with E-state index in [1.165, 1.54) is 5.56 Å². The second kappa shape index (κ2) is 4.65. The summed E-state index contributed by atoms with van der Waals surface area (Å²) in [5.74, 6) is 1.14. The average Bonchev–Trinajstić information content (AvgIpc) is 2.94. The standard InChI is InChI=1S/C15H13N3O/c1-10-5-7-12(8-6-10)14-11(2)16-15(18-17-14)13-4-3-9-19-13/h3-9H,1-2H3. The van der Waals surface area contributed by atoms with E-state index in [1.54, 1.807) is 6.26 Å². The molecule has 2 heterocycles. The topological polar surface area (TPSA) is 51.8 Å². The molecule has 0 aliphatic carbocycles. The summed E-state index contributed by atoms with van der Waals surface area (Å²) in [4.78, 5) is 4.45. The maximum absolute atomic E-state index is 5.27. The van der Waals surface area contributed by atoms with Crippen molar-refractivity contribution >= 4 is 0 Å². The summed E-state index contributed by atoms with van der Waals surface area (Å²) < 4.78 is 5.27. The molecule has 0 amide bonds. The van der Waals surface area contributed by atoms with E-state index in [1.807, 2.05) is 31.2 Å². The Balaban J connectivity index is 2.03. The molecule has 3 aromatic rings. The summed E-state index contributed by atoms with van der Waals surface area (Å²) in [7, 11) is 0. The summed E-state index contributed by atoms with van der Waals surface area (Å²) in [5, 5.41) is 8.39. The molecule has 19 heavy (non-hydrogen) atoms. The molecule has 0 aliphatic heterocycles. The fraction of sp³-hybridized carbons (Fsp3) is 0.133. The van der Waals surface area contributed by atoms with E-state index in [4.69, 9.17) is 4.42 Å². The molecule has 0 fully saturated rings. The van der Waals surface area contributed by atoms with Crippen LogP contribution in [0.4, 0.5) is 0 Å². The highest BCUT2D eigenvalue weighted by Gasteiger charge is 2.10. The van der Waals surface area contributed by atoms with Gasteiger partial charge < -0.3 is 4.42 Å². The van der Waals surface area contributed by atoms with E-state index < -0.39 is 0 Å². The van der Waals surface area contributed by atoms with E-state index in [2.05, 4.69) is 34.2 Å². The minimum atomic E-state index is 0.512. The SMILES string of the molecule is Cc1ccc(-c2nnc(-c3ccco3)nc2C)cc1. The fourth-order valence-corrected chi connectivity index (χ4v) is 1.89. The van der Waals surface area contributed by atoms with Gasteiger partial charge in [0, 0.05) is 5.56 Å². The molecule has 0 bridgehead atoms. The second-order valence-corrected chi connectivity index (χ2v) is 4.41. The van der Waals surface area contributed by atoms with E-state index in [9.17, 15) is 0 Å². The van der Waals surface area contributed by atoms with E-state index in [0.717, 1.165) is 17.0 Å². The van der Waals surface area contributed by atoms with Crippen molar-refractivity contribution in [1.29, 1.82) is 0 Å². The predicted octanol–water partition coefficient (Wildman–Crippen LogP) is 3.42.